The van der Waals surface area contributed by atoms with E-state index < -0.39 is 0 Å². The molecule has 1 aliphatic rings. The van der Waals surface area contributed by atoms with Crippen molar-refractivity contribution in [1.29, 1.82) is 0 Å². The number of hydrogen-bond donors (Lipinski definition) is 2. The Labute approximate surface area is 110 Å². The Kier molecular flexibility index (Phi) is 3.23. The van der Waals surface area contributed by atoms with Gasteiger partial charge >= 0.3 is 0 Å². The highest BCUT2D eigenvalue weighted by atomic mass is 32.2. The van der Waals surface area contributed by atoms with E-state index in [2.05, 4.69) is 15.3 Å². The van der Waals surface area contributed by atoms with Crippen LogP contribution in [0.2, 0.25) is 0 Å². The third-order valence-corrected chi connectivity index (χ3v) is 4.49. The number of fused-ring (bicyclic) bond motifs is 1. The molecule has 2 aromatic rings. The second kappa shape index (κ2) is 5.02. The van der Waals surface area contributed by atoms with Gasteiger partial charge in [-0.05, 0) is 42.0 Å². The van der Waals surface area contributed by atoms with Crippen LogP contribution in [0.5, 0.6) is 0 Å². The molecule has 2 N–H and O–H groups in total. The molecule has 3 rings (SSSR count). The van der Waals surface area contributed by atoms with E-state index in [1.807, 2.05) is 30.0 Å². The molecule has 5 heteroatoms. The average molecular weight is 261 g/mol. The molecule has 1 unspecified atom stereocenters. The number of carbonyl (C=O) groups excluding carboxylic acids is 1. The lowest BCUT2D eigenvalue weighted by Gasteiger charge is -2.09. The molecule has 1 atom stereocenters. The Morgan fingerprint density at radius 3 is 3.33 bits per heavy atom. The molecule has 1 saturated heterocycles. The molecule has 1 aromatic carbocycles. The van der Waals surface area contributed by atoms with Gasteiger partial charge in [0.15, 0.2) is 0 Å². The number of thioether (sulfide) groups is 1. The van der Waals surface area contributed by atoms with Crippen LogP contribution in [0.25, 0.3) is 11.0 Å². The van der Waals surface area contributed by atoms with Gasteiger partial charge in [-0.1, -0.05) is 0 Å². The lowest BCUT2D eigenvalue weighted by molar-refractivity contribution is 0.0948. The molecule has 0 saturated carbocycles. The van der Waals surface area contributed by atoms with Gasteiger partial charge < -0.3 is 10.3 Å². The number of H-pyrrole nitrogens is 1. The lowest BCUT2D eigenvalue weighted by Crippen LogP contribution is -2.29. The quantitative estimate of drug-likeness (QED) is 0.889. The number of aromatic amines is 1. The van der Waals surface area contributed by atoms with E-state index in [9.17, 15) is 4.79 Å². The number of amides is 1. The number of aromatic nitrogens is 2. The van der Waals surface area contributed by atoms with Gasteiger partial charge in [-0.3, -0.25) is 4.79 Å². The van der Waals surface area contributed by atoms with E-state index in [1.54, 1.807) is 6.33 Å². The number of imidazole rings is 1. The fourth-order valence-electron chi connectivity index (χ4n) is 2.16. The van der Waals surface area contributed by atoms with Crippen molar-refractivity contribution in [2.75, 3.05) is 18.1 Å². The number of nitrogens with zero attached hydrogens (tertiary/aromatic N) is 1. The normalized spacial score (nSPS) is 19.2. The highest BCUT2D eigenvalue weighted by Gasteiger charge is 2.16. The highest BCUT2D eigenvalue weighted by molar-refractivity contribution is 7.99. The predicted octanol–water partition coefficient (Wildman–Crippen LogP) is 2.05. The van der Waals surface area contributed by atoms with E-state index in [0.29, 0.717) is 11.5 Å². The van der Waals surface area contributed by atoms with Gasteiger partial charge in [0.1, 0.15) is 0 Å². The van der Waals surface area contributed by atoms with Gasteiger partial charge in [0.05, 0.1) is 17.4 Å². The van der Waals surface area contributed by atoms with Crippen molar-refractivity contribution in [3.05, 3.63) is 30.1 Å². The van der Waals surface area contributed by atoms with E-state index in [-0.39, 0.29) is 5.91 Å². The van der Waals surface area contributed by atoms with Crippen molar-refractivity contribution in [2.24, 2.45) is 5.92 Å². The van der Waals surface area contributed by atoms with Crippen molar-refractivity contribution in [3.8, 4) is 0 Å². The van der Waals surface area contributed by atoms with Crippen molar-refractivity contribution >= 4 is 28.7 Å². The highest BCUT2D eigenvalue weighted by Crippen LogP contribution is 2.22. The molecule has 94 valence electrons. The van der Waals surface area contributed by atoms with Crippen molar-refractivity contribution in [3.63, 3.8) is 0 Å². The largest absolute Gasteiger partial charge is 0.352 e. The van der Waals surface area contributed by atoms with Crippen LogP contribution in [-0.4, -0.2) is 33.9 Å². The fourth-order valence-corrected chi connectivity index (χ4v) is 3.44. The summed E-state index contributed by atoms with van der Waals surface area (Å²) < 4.78 is 0. The first-order valence-electron chi connectivity index (χ1n) is 6.12. The molecule has 0 bridgehead atoms. The van der Waals surface area contributed by atoms with Crippen LogP contribution in [0.15, 0.2) is 24.5 Å². The van der Waals surface area contributed by atoms with Gasteiger partial charge in [-0.25, -0.2) is 4.98 Å². The summed E-state index contributed by atoms with van der Waals surface area (Å²) in [7, 11) is 0. The maximum atomic E-state index is 12.0. The zero-order chi connectivity index (χ0) is 12.4. The van der Waals surface area contributed by atoms with Crippen molar-refractivity contribution in [2.45, 2.75) is 6.42 Å². The molecular formula is C13H15N3OS. The molecule has 4 nitrogen and oxygen atoms in total. The van der Waals surface area contributed by atoms with Crippen LogP contribution in [0.4, 0.5) is 0 Å². The SMILES string of the molecule is O=C(NCC1CCSC1)c1ccc2nc[nH]c2c1. The first kappa shape index (κ1) is 11.6. The van der Waals surface area contributed by atoms with Crippen LogP contribution in [0.3, 0.4) is 0 Å². The van der Waals surface area contributed by atoms with E-state index in [0.717, 1.165) is 17.6 Å². The summed E-state index contributed by atoms with van der Waals surface area (Å²) in [5.41, 5.74) is 2.48. The smallest absolute Gasteiger partial charge is 0.251 e. The minimum atomic E-state index is 0.00315. The summed E-state index contributed by atoms with van der Waals surface area (Å²) in [5, 5.41) is 3.01. The van der Waals surface area contributed by atoms with Crippen LogP contribution in [0, 0.1) is 5.92 Å². The maximum absolute atomic E-state index is 12.0. The Hall–Kier alpha value is -1.49. The minimum absolute atomic E-state index is 0.00315. The monoisotopic (exact) mass is 261 g/mol. The van der Waals surface area contributed by atoms with Gasteiger partial charge in [0.2, 0.25) is 0 Å². The summed E-state index contributed by atoms with van der Waals surface area (Å²) in [6.45, 7) is 0.785. The van der Waals surface area contributed by atoms with Gasteiger partial charge in [0, 0.05) is 12.1 Å². The second-order valence-electron chi connectivity index (χ2n) is 4.57. The first-order valence-corrected chi connectivity index (χ1v) is 7.27. The molecule has 0 radical (unpaired) electrons. The standard InChI is InChI=1S/C13H15N3OS/c17-13(14-6-9-3-4-18-7-9)10-1-2-11-12(5-10)16-8-15-11/h1-2,5,8-9H,3-4,6-7H2,(H,14,17)(H,15,16). The van der Waals surface area contributed by atoms with Gasteiger partial charge in [-0.2, -0.15) is 11.8 Å². The number of nitrogens with one attached hydrogen (secondary N) is 2. The maximum Gasteiger partial charge on any atom is 0.251 e. The molecule has 0 aliphatic carbocycles. The van der Waals surface area contributed by atoms with Crippen molar-refractivity contribution in [1.82, 2.24) is 15.3 Å². The number of benzene rings is 1. The Morgan fingerprint density at radius 2 is 2.50 bits per heavy atom. The molecule has 1 aromatic heterocycles. The van der Waals surface area contributed by atoms with Crippen molar-refractivity contribution < 1.29 is 4.79 Å². The van der Waals surface area contributed by atoms with Gasteiger partial charge in [-0.15, -0.1) is 0 Å². The molecule has 2 heterocycles. The van der Waals surface area contributed by atoms with E-state index >= 15 is 0 Å². The lowest BCUT2D eigenvalue weighted by atomic mass is 10.1. The molecule has 1 fully saturated rings. The number of rotatable bonds is 3. The molecule has 1 amide bonds. The molecule has 18 heavy (non-hydrogen) atoms. The predicted molar refractivity (Wildman–Crippen MR) is 73.9 cm³/mol. The first-order chi connectivity index (χ1) is 8.83. The minimum Gasteiger partial charge on any atom is -0.352 e. The zero-order valence-corrected chi connectivity index (χ0v) is 10.8. The van der Waals surface area contributed by atoms with Crippen LogP contribution in [0.1, 0.15) is 16.8 Å². The van der Waals surface area contributed by atoms with E-state index in [1.165, 1.54) is 17.9 Å². The van der Waals surface area contributed by atoms with Crippen LogP contribution in [-0.2, 0) is 0 Å². The third-order valence-electron chi connectivity index (χ3n) is 3.26. The number of carbonyl (C=O) groups is 1. The molecule has 0 spiro atoms. The number of hydrogen-bond acceptors (Lipinski definition) is 3. The Balaban J connectivity index is 1.67. The summed E-state index contributed by atoms with van der Waals surface area (Å²) >= 11 is 1.97. The van der Waals surface area contributed by atoms with Crippen LogP contribution >= 0.6 is 11.8 Å². The molecular weight excluding hydrogens is 246 g/mol. The topological polar surface area (TPSA) is 57.8 Å². The Bertz CT molecular complexity index is 560. The van der Waals surface area contributed by atoms with E-state index in [4.69, 9.17) is 0 Å². The van der Waals surface area contributed by atoms with Gasteiger partial charge in [0.25, 0.3) is 5.91 Å². The zero-order valence-electron chi connectivity index (χ0n) is 9.98. The molecule has 1 aliphatic heterocycles. The fraction of sp³-hybridized carbons (Fsp3) is 0.385. The second-order valence-corrected chi connectivity index (χ2v) is 5.72. The summed E-state index contributed by atoms with van der Waals surface area (Å²) in [5.74, 6) is 3.03. The Morgan fingerprint density at radius 1 is 1.56 bits per heavy atom. The average Bonchev–Trinajstić information content (AvgIpc) is 3.05. The summed E-state index contributed by atoms with van der Waals surface area (Å²) in [6, 6.07) is 5.54. The summed E-state index contributed by atoms with van der Waals surface area (Å²) in [6.07, 6.45) is 2.85. The van der Waals surface area contributed by atoms with Crippen LogP contribution < -0.4 is 5.32 Å². The summed E-state index contributed by atoms with van der Waals surface area (Å²) in [4.78, 5) is 19.2. The third kappa shape index (κ3) is 2.36.